The molecule has 1 saturated carbocycles. The molecule has 2 rings (SSSR count). The summed E-state index contributed by atoms with van der Waals surface area (Å²) in [6.45, 7) is 8.83. The SMILES string of the molecule is CC(=O)N1CCN(CCNC(=O)C=C2CCC(C)CC2)CC1. The highest BCUT2D eigenvalue weighted by Gasteiger charge is 2.18. The van der Waals surface area contributed by atoms with Gasteiger partial charge in [0.1, 0.15) is 0 Å². The van der Waals surface area contributed by atoms with Gasteiger partial charge >= 0.3 is 0 Å². The molecule has 0 aromatic heterocycles. The molecule has 0 atom stereocenters. The second-order valence-corrected chi connectivity index (χ2v) is 6.62. The monoisotopic (exact) mass is 307 g/mol. The fourth-order valence-corrected chi connectivity index (χ4v) is 3.14. The predicted molar refractivity (Wildman–Crippen MR) is 87.4 cm³/mol. The van der Waals surface area contributed by atoms with E-state index in [-0.39, 0.29) is 11.8 Å². The second-order valence-electron chi connectivity index (χ2n) is 6.62. The summed E-state index contributed by atoms with van der Waals surface area (Å²) in [5.41, 5.74) is 1.30. The quantitative estimate of drug-likeness (QED) is 0.799. The molecular formula is C17H29N3O2. The van der Waals surface area contributed by atoms with Crippen molar-refractivity contribution in [2.24, 2.45) is 5.92 Å². The van der Waals surface area contributed by atoms with Gasteiger partial charge in [0.25, 0.3) is 0 Å². The van der Waals surface area contributed by atoms with Crippen molar-refractivity contribution in [1.29, 1.82) is 0 Å². The molecule has 1 heterocycles. The topological polar surface area (TPSA) is 52.7 Å². The molecule has 0 radical (unpaired) electrons. The van der Waals surface area contributed by atoms with Gasteiger partial charge in [-0.15, -0.1) is 0 Å². The van der Waals surface area contributed by atoms with Crippen LogP contribution >= 0.6 is 0 Å². The van der Waals surface area contributed by atoms with Gasteiger partial charge in [-0.2, -0.15) is 0 Å². The first kappa shape index (κ1) is 17.0. The Labute approximate surface area is 133 Å². The zero-order valence-electron chi connectivity index (χ0n) is 13.9. The zero-order valence-corrected chi connectivity index (χ0v) is 13.9. The molecule has 1 aliphatic heterocycles. The minimum atomic E-state index is 0.0481. The molecule has 22 heavy (non-hydrogen) atoms. The van der Waals surface area contributed by atoms with Crippen LogP contribution < -0.4 is 5.32 Å². The number of hydrogen-bond donors (Lipinski definition) is 1. The number of allylic oxidation sites excluding steroid dienone is 1. The van der Waals surface area contributed by atoms with Crippen LogP contribution in [0, 0.1) is 5.92 Å². The molecule has 1 saturated heterocycles. The van der Waals surface area contributed by atoms with Gasteiger partial charge in [0, 0.05) is 52.3 Å². The first-order chi connectivity index (χ1) is 10.5. The van der Waals surface area contributed by atoms with Crippen LogP contribution in [0.15, 0.2) is 11.6 Å². The number of carbonyl (C=O) groups is 2. The van der Waals surface area contributed by atoms with E-state index in [4.69, 9.17) is 0 Å². The predicted octanol–water partition coefficient (Wildman–Crippen LogP) is 1.40. The molecule has 0 aromatic rings. The Bertz CT molecular complexity index is 416. The number of carbonyl (C=O) groups excluding carboxylic acids is 2. The molecule has 0 aromatic carbocycles. The number of hydrogen-bond acceptors (Lipinski definition) is 3. The second kappa shape index (κ2) is 8.32. The molecule has 0 spiro atoms. The molecule has 124 valence electrons. The molecule has 5 nitrogen and oxygen atoms in total. The van der Waals surface area contributed by atoms with Crippen LogP contribution in [0.25, 0.3) is 0 Å². The number of amides is 2. The highest BCUT2D eigenvalue weighted by atomic mass is 16.2. The van der Waals surface area contributed by atoms with Crippen LogP contribution in [-0.2, 0) is 9.59 Å². The van der Waals surface area contributed by atoms with Crippen molar-refractivity contribution in [3.63, 3.8) is 0 Å². The van der Waals surface area contributed by atoms with E-state index in [1.165, 1.54) is 18.4 Å². The maximum absolute atomic E-state index is 11.9. The smallest absolute Gasteiger partial charge is 0.243 e. The van der Waals surface area contributed by atoms with Gasteiger partial charge < -0.3 is 10.2 Å². The van der Waals surface area contributed by atoms with Crippen molar-refractivity contribution in [1.82, 2.24) is 15.1 Å². The lowest BCUT2D eigenvalue weighted by Gasteiger charge is -2.34. The summed E-state index contributed by atoms with van der Waals surface area (Å²) in [6.07, 6.45) is 6.36. The van der Waals surface area contributed by atoms with Crippen LogP contribution in [0.2, 0.25) is 0 Å². The fraction of sp³-hybridized carbons (Fsp3) is 0.765. The molecule has 2 amide bonds. The number of nitrogens with one attached hydrogen (secondary N) is 1. The first-order valence-electron chi connectivity index (χ1n) is 8.49. The van der Waals surface area contributed by atoms with E-state index in [1.807, 2.05) is 4.90 Å². The van der Waals surface area contributed by atoms with Crippen molar-refractivity contribution < 1.29 is 9.59 Å². The summed E-state index contributed by atoms with van der Waals surface area (Å²) in [5.74, 6) is 1.00. The van der Waals surface area contributed by atoms with Crippen LogP contribution in [0.1, 0.15) is 39.5 Å². The average molecular weight is 307 g/mol. The Morgan fingerprint density at radius 2 is 1.82 bits per heavy atom. The van der Waals surface area contributed by atoms with Crippen LogP contribution in [0.5, 0.6) is 0 Å². The van der Waals surface area contributed by atoms with E-state index in [2.05, 4.69) is 17.1 Å². The summed E-state index contributed by atoms with van der Waals surface area (Å²) in [5, 5.41) is 2.98. The van der Waals surface area contributed by atoms with Crippen LogP contribution in [0.3, 0.4) is 0 Å². The summed E-state index contributed by atoms with van der Waals surface area (Å²) in [4.78, 5) is 27.4. The standard InChI is InChI=1S/C17H29N3O2/c1-14-3-5-16(6-4-14)13-17(22)18-7-8-19-9-11-20(12-10-19)15(2)21/h13-14H,3-12H2,1-2H3,(H,18,22). The maximum Gasteiger partial charge on any atom is 0.243 e. The molecule has 5 heteroatoms. The third-order valence-electron chi connectivity index (χ3n) is 4.80. The third kappa shape index (κ3) is 5.44. The minimum absolute atomic E-state index is 0.0481. The summed E-state index contributed by atoms with van der Waals surface area (Å²) in [6, 6.07) is 0. The van der Waals surface area contributed by atoms with Gasteiger partial charge in [0.05, 0.1) is 0 Å². The van der Waals surface area contributed by atoms with Gasteiger partial charge in [-0.1, -0.05) is 12.5 Å². The van der Waals surface area contributed by atoms with Gasteiger partial charge in [-0.25, -0.2) is 0 Å². The van der Waals surface area contributed by atoms with E-state index in [9.17, 15) is 9.59 Å². The van der Waals surface area contributed by atoms with Gasteiger partial charge in [-0.3, -0.25) is 14.5 Å². The van der Waals surface area contributed by atoms with Crippen molar-refractivity contribution in [2.75, 3.05) is 39.3 Å². The van der Waals surface area contributed by atoms with Crippen molar-refractivity contribution in [3.8, 4) is 0 Å². The van der Waals surface area contributed by atoms with E-state index in [0.29, 0.717) is 6.54 Å². The average Bonchev–Trinajstić information content (AvgIpc) is 2.50. The van der Waals surface area contributed by atoms with E-state index >= 15 is 0 Å². The molecule has 0 bridgehead atoms. The molecular weight excluding hydrogens is 278 g/mol. The van der Waals surface area contributed by atoms with Gasteiger partial charge in [-0.05, 0) is 31.6 Å². The Morgan fingerprint density at radius 1 is 1.18 bits per heavy atom. The lowest BCUT2D eigenvalue weighted by atomic mass is 9.87. The zero-order chi connectivity index (χ0) is 15.9. The highest BCUT2D eigenvalue weighted by molar-refractivity contribution is 5.88. The van der Waals surface area contributed by atoms with E-state index < -0.39 is 0 Å². The van der Waals surface area contributed by atoms with Crippen molar-refractivity contribution >= 4 is 11.8 Å². The Morgan fingerprint density at radius 3 is 2.41 bits per heavy atom. The number of nitrogens with zero attached hydrogens (tertiary/aromatic N) is 2. The largest absolute Gasteiger partial charge is 0.351 e. The molecule has 2 fully saturated rings. The molecule has 1 aliphatic carbocycles. The summed E-state index contributed by atoms with van der Waals surface area (Å²) < 4.78 is 0. The van der Waals surface area contributed by atoms with Gasteiger partial charge in [0.15, 0.2) is 0 Å². The van der Waals surface area contributed by atoms with Crippen LogP contribution in [0.4, 0.5) is 0 Å². The molecule has 0 unspecified atom stereocenters. The highest BCUT2D eigenvalue weighted by Crippen LogP contribution is 2.27. The maximum atomic E-state index is 11.9. The van der Waals surface area contributed by atoms with Crippen molar-refractivity contribution in [2.45, 2.75) is 39.5 Å². The van der Waals surface area contributed by atoms with E-state index in [0.717, 1.165) is 51.5 Å². The lowest BCUT2D eigenvalue weighted by Crippen LogP contribution is -2.49. The minimum Gasteiger partial charge on any atom is -0.351 e. The Hall–Kier alpha value is -1.36. The summed E-state index contributed by atoms with van der Waals surface area (Å²) >= 11 is 0. The van der Waals surface area contributed by atoms with Gasteiger partial charge in [0.2, 0.25) is 11.8 Å². The Balaban J connectivity index is 1.61. The Kier molecular flexibility index (Phi) is 6.43. The van der Waals surface area contributed by atoms with Crippen molar-refractivity contribution in [3.05, 3.63) is 11.6 Å². The number of rotatable bonds is 4. The first-order valence-corrected chi connectivity index (χ1v) is 8.49. The van der Waals surface area contributed by atoms with Crippen LogP contribution in [-0.4, -0.2) is 60.9 Å². The lowest BCUT2D eigenvalue weighted by molar-refractivity contribution is -0.130. The third-order valence-corrected chi connectivity index (χ3v) is 4.80. The fourth-order valence-electron chi connectivity index (χ4n) is 3.14. The molecule has 1 N–H and O–H groups in total. The normalized spacial score (nSPS) is 23.3. The number of piperazine rings is 1. The summed E-state index contributed by atoms with van der Waals surface area (Å²) in [7, 11) is 0. The molecule has 2 aliphatic rings. The van der Waals surface area contributed by atoms with E-state index in [1.54, 1.807) is 13.0 Å².